The summed E-state index contributed by atoms with van der Waals surface area (Å²) in [7, 11) is 0. The predicted octanol–water partition coefficient (Wildman–Crippen LogP) is 0.365. The molecule has 0 aromatic heterocycles. The average Bonchev–Trinajstić information content (AvgIpc) is 2.71. The third kappa shape index (κ3) is 6.29. The molecule has 0 spiro atoms. The maximum absolute atomic E-state index is 13.0. The first-order valence-electron chi connectivity index (χ1n) is 10.4. The monoisotopic (exact) mass is 429 g/mol. The van der Waals surface area contributed by atoms with Crippen LogP contribution in [0.3, 0.4) is 0 Å². The smallest absolute Gasteiger partial charge is 0.237 e. The van der Waals surface area contributed by atoms with Crippen molar-refractivity contribution in [3.8, 4) is 0 Å². The summed E-state index contributed by atoms with van der Waals surface area (Å²) in [6, 6.07) is -0.825. The molecule has 2 saturated heterocycles. The number of rotatable bonds is 8. The SMILES string of the molecule is [C-]#[N+]CCC[C@@H]1CCN[C@H](C(=O)N[C@H](C(C)C)[C@H]2O[C@H](SC)[C@H](O)[C@@H](O)[C@H]2O)C1. The highest BCUT2D eigenvalue weighted by Crippen LogP contribution is 2.30. The molecule has 9 heteroatoms. The average molecular weight is 430 g/mol. The minimum absolute atomic E-state index is 0.0402. The summed E-state index contributed by atoms with van der Waals surface area (Å²) in [5.74, 6) is 0.234. The van der Waals surface area contributed by atoms with Crippen molar-refractivity contribution >= 4 is 17.7 Å². The third-order valence-corrected chi connectivity index (χ3v) is 6.79. The van der Waals surface area contributed by atoms with Crippen molar-refractivity contribution in [1.29, 1.82) is 0 Å². The maximum atomic E-state index is 13.0. The first-order valence-corrected chi connectivity index (χ1v) is 11.7. The number of nitrogens with zero attached hydrogens (tertiary/aromatic N) is 1. The second-order valence-electron chi connectivity index (χ2n) is 8.38. The van der Waals surface area contributed by atoms with Crippen molar-refractivity contribution in [2.45, 2.75) is 81.5 Å². The zero-order chi connectivity index (χ0) is 21.6. The standard InChI is InChI=1S/C20H35N3O5S/c1-11(2)14(18-16(25)15(24)17(26)20(28-18)29-4)23-19(27)13-10-12(7-9-22-13)6-5-8-21-3/h11-18,20,22,24-26H,5-10H2,1-2,4H3,(H,23,27)/t12-,13+,14-,15+,16-,17-,18-,20-/m1/s1. The van der Waals surface area contributed by atoms with E-state index < -0.39 is 35.9 Å². The van der Waals surface area contributed by atoms with Crippen molar-refractivity contribution in [2.75, 3.05) is 19.3 Å². The number of piperidine rings is 1. The number of aliphatic hydroxyl groups is 3. The van der Waals surface area contributed by atoms with Crippen molar-refractivity contribution in [1.82, 2.24) is 10.6 Å². The van der Waals surface area contributed by atoms with Crippen molar-refractivity contribution < 1.29 is 24.9 Å². The normalized spacial score (nSPS) is 36.4. The van der Waals surface area contributed by atoms with Gasteiger partial charge in [0.2, 0.25) is 12.5 Å². The fourth-order valence-corrected chi connectivity index (χ4v) is 4.85. The zero-order valence-corrected chi connectivity index (χ0v) is 18.3. The van der Waals surface area contributed by atoms with E-state index in [0.29, 0.717) is 12.5 Å². The van der Waals surface area contributed by atoms with Gasteiger partial charge >= 0.3 is 0 Å². The van der Waals surface area contributed by atoms with Crippen LogP contribution in [0.15, 0.2) is 0 Å². The number of carbonyl (C=O) groups is 1. The van der Waals surface area contributed by atoms with Gasteiger partial charge in [-0.05, 0) is 43.9 Å². The molecule has 0 aromatic rings. The summed E-state index contributed by atoms with van der Waals surface area (Å²) < 4.78 is 5.87. The van der Waals surface area contributed by atoms with Crippen LogP contribution in [-0.4, -0.2) is 82.5 Å². The summed E-state index contributed by atoms with van der Waals surface area (Å²) >= 11 is 1.26. The lowest BCUT2D eigenvalue weighted by atomic mass is 9.86. The molecule has 5 N–H and O–H groups in total. The molecule has 2 rings (SSSR count). The van der Waals surface area contributed by atoms with Gasteiger partial charge in [-0.2, -0.15) is 0 Å². The molecular weight excluding hydrogens is 394 g/mol. The Labute approximate surface area is 177 Å². The Morgan fingerprint density at radius 1 is 1.31 bits per heavy atom. The van der Waals surface area contributed by atoms with Gasteiger partial charge in [-0.3, -0.25) is 4.79 Å². The molecule has 0 saturated carbocycles. The van der Waals surface area contributed by atoms with E-state index >= 15 is 0 Å². The Bertz CT molecular complexity index is 571. The number of hydrogen-bond acceptors (Lipinski definition) is 7. The largest absolute Gasteiger partial charge is 0.388 e. The number of aliphatic hydroxyl groups excluding tert-OH is 3. The summed E-state index contributed by atoms with van der Waals surface area (Å²) in [6.45, 7) is 12.0. The maximum Gasteiger partial charge on any atom is 0.237 e. The summed E-state index contributed by atoms with van der Waals surface area (Å²) in [5, 5.41) is 37.1. The number of hydrogen-bond donors (Lipinski definition) is 5. The van der Waals surface area contributed by atoms with E-state index in [-0.39, 0.29) is 17.9 Å². The molecule has 0 radical (unpaired) electrons. The Kier molecular flexibility index (Phi) is 9.66. The molecule has 8 atom stereocenters. The summed E-state index contributed by atoms with van der Waals surface area (Å²) in [4.78, 5) is 16.4. The molecule has 2 heterocycles. The van der Waals surface area contributed by atoms with Crippen LogP contribution in [0, 0.1) is 18.4 Å². The fourth-order valence-electron chi connectivity index (χ4n) is 4.18. The molecule has 2 aliphatic heterocycles. The molecular formula is C20H35N3O5S. The molecule has 8 nitrogen and oxygen atoms in total. The van der Waals surface area contributed by atoms with E-state index in [0.717, 1.165) is 32.2 Å². The van der Waals surface area contributed by atoms with Crippen LogP contribution < -0.4 is 10.6 Å². The van der Waals surface area contributed by atoms with Crippen molar-refractivity contribution in [3.05, 3.63) is 11.4 Å². The van der Waals surface area contributed by atoms with E-state index in [1.54, 1.807) is 6.26 Å². The van der Waals surface area contributed by atoms with E-state index in [4.69, 9.17) is 11.3 Å². The molecule has 0 aliphatic carbocycles. The number of carbonyl (C=O) groups excluding carboxylic acids is 1. The Balaban J connectivity index is 2.02. The topological polar surface area (TPSA) is 115 Å². The van der Waals surface area contributed by atoms with E-state index in [9.17, 15) is 20.1 Å². The Morgan fingerprint density at radius 3 is 2.66 bits per heavy atom. The molecule has 1 amide bonds. The quantitative estimate of drug-likeness (QED) is 0.280. The lowest BCUT2D eigenvalue weighted by Crippen LogP contribution is -2.65. The zero-order valence-electron chi connectivity index (χ0n) is 17.5. The van der Waals surface area contributed by atoms with Gasteiger partial charge in [0.05, 0.1) is 12.1 Å². The van der Waals surface area contributed by atoms with Gasteiger partial charge in [0.25, 0.3) is 0 Å². The minimum atomic E-state index is -1.33. The van der Waals surface area contributed by atoms with E-state index in [1.165, 1.54) is 11.8 Å². The minimum Gasteiger partial charge on any atom is -0.388 e. The predicted molar refractivity (Wildman–Crippen MR) is 112 cm³/mol. The Hall–Kier alpha value is -0.890. The summed E-state index contributed by atoms with van der Waals surface area (Å²) in [5.41, 5.74) is -0.670. The first-order chi connectivity index (χ1) is 13.8. The van der Waals surface area contributed by atoms with Gasteiger partial charge in [0.1, 0.15) is 29.9 Å². The molecule has 0 bridgehead atoms. The Morgan fingerprint density at radius 2 is 2.03 bits per heavy atom. The lowest BCUT2D eigenvalue weighted by Gasteiger charge is -2.44. The van der Waals surface area contributed by atoms with Crippen molar-refractivity contribution in [2.24, 2.45) is 11.8 Å². The van der Waals surface area contributed by atoms with E-state index in [1.807, 2.05) is 13.8 Å². The highest BCUT2D eigenvalue weighted by molar-refractivity contribution is 7.99. The first kappa shape index (κ1) is 24.4. The fraction of sp³-hybridized carbons (Fsp3) is 0.900. The van der Waals surface area contributed by atoms with Gasteiger partial charge in [0, 0.05) is 6.42 Å². The molecule has 0 aromatic carbocycles. The number of thioether (sulfide) groups is 1. The second-order valence-corrected chi connectivity index (χ2v) is 9.31. The highest BCUT2D eigenvalue weighted by Gasteiger charge is 2.47. The number of amides is 1. The molecule has 2 aliphatic rings. The van der Waals surface area contributed by atoms with Crippen molar-refractivity contribution in [3.63, 3.8) is 0 Å². The van der Waals surface area contributed by atoms with Gasteiger partial charge in [-0.1, -0.05) is 13.8 Å². The number of ether oxygens (including phenoxy) is 1. The van der Waals surface area contributed by atoms with Crippen LogP contribution in [0.1, 0.15) is 39.5 Å². The highest BCUT2D eigenvalue weighted by atomic mass is 32.2. The van der Waals surface area contributed by atoms with Crippen LogP contribution in [-0.2, 0) is 9.53 Å². The van der Waals surface area contributed by atoms with E-state index in [2.05, 4.69) is 15.5 Å². The summed E-state index contributed by atoms with van der Waals surface area (Å²) in [6.07, 6.45) is 0.672. The van der Waals surface area contributed by atoms with Gasteiger partial charge < -0.3 is 35.5 Å². The van der Waals surface area contributed by atoms with Crippen LogP contribution >= 0.6 is 11.8 Å². The molecule has 2 fully saturated rings. The van der Waals surface area contributed by atoms with Gasteiger partial charge in [-0.25, -0.2) is 6.57 Å². The van der Waals surface area contributed by atoms with Crippen LogP contribution in [0.2, 0.25) is 0 Å². The second kappa shape index (κ2) is 11.5. The molecule has 166 valence electrons. The van der Waals surface area contributed by atoms with Crippen LogP contribution in [0.4, 0.5) is 0 Å². The van der Waals surface area contributed by atoms with Crippen LogP contribution in [0.25, 0.3) is 4.85 Å². The lowest BCUT2D eigenvalue weighted by molar-refractivity contribution is -0.208. The van der Waals surface area contributed by atoms with Crippen LogP contribution in [0.5, 0.6) is 0 Å². The molecule has 0 unspecified atom stereocenters. The van der Waals surface area contributed by atoms with Gasteiger partial charge in [0.15, 0.2) is 0 Å². The molecule has 29 heavy (non-hydrogen) atoms. The number of nitrogens with one attached hydrogen (secondary N) is 2. The third-order valence-electron chi connectivity index (χ3n) is 5.93. The van der Waals surface area contributed by atoms with Gasteiger partial charge in [-0.15, -0.1) is 11.8 Å².